The molecule has 0 spiro atoms. The van der Waals surface area contributed by atoms with Crippen molar-refractivity contribution in [3.8, 4) is 6.07 Å². The minimum Gasteiger partial charge on any atom is -0.457 e. The highest BCUT2D eigenvalue weighted by Crippen LogP contribution is 2.19. The molecule has 0 aromatic heterocycles. The van der Waals surface area contributed by atoms with Crippen LogP contribution in [-0.2, 0) is 11.3 Å². The Morgan fingerprint density at radius 1 is 0.955 bits per heavy atom. The average molecular weight is 287 g/mol. The maximum atomic E-state index is 12.3. The van der Waals surface area contributed by atoms with Crippen molar-refractivity contribution >= 4 is 16.7 Å². The van der Waals surface area contributed by atoms with Gasteiger partial charge in [0.05, 0.1) is 17.2 Å². The number of nitrogens with zero attached hydrogens (tertiary/aromatic N) is 1. The van der Waals surface area contributed by atoms with Crippen LogP contribution >= 0.6 is 0 Å². The summed E-state index contributed by atoms with van der Waals surface area (Å²) in [5, 5.41) is 10.7. The summed E-state index contributed by atoms with van der Waals surface area (Å²) in [6.07, 6.45) is 0. The molecule has 0 atom stereocenters. The lowest BCUT2D eigenvalue weighted by Gasteiger charge is -2.07. The molecule has 0 fully saturated rings. The van der Waals surface area contributed by atoms with Gasteiger partial charge in [0.25, 0.3) is 0 Å². The Morgan fingerprint density at radius 2 is 1.68 bits per heavy atom. The van der Waals surface area contributed by atoms with Gasteiger partial charge in [-0.25, -0.2) is 4.79 Å². The first-order valence-electron chi connectivity index (χ1n) is 6.92. The van der Waals surface area contributed by atoms with Gasteiger partial charge < -0.3 is 4.74 Å². The molecule has 22 heavy (non-hydrogen) atoms. The first-order chi connectivity index (χ1) is 10.8. The molecule has 0 saturated carbocycles. The van der Waals surface area contributed by atoms with Gasteiger partial charge in [0, 0.05) is 0 Å². The molecule has 3 nitrogen and oxygen atoms in total. The molecule has 3 heteroatoms. The van der Waals surface area contributed by atoms with E-state index < -0.39 is 0 Å². The van der Waals surface area contributed by atoms with Crippen LogP contribution in [0.3, 0.4) is 0 Å². The van der Waals surface area contributed by atoms with Crippen molar-refractivity contribution in [1.29, 1.82) is 5.26 Å². The summed E-state index contributed by atoms with van der Waals surface area (Å²) in [4.78, 5) is 12.3. The van der Waals surface area contributed by atoms with Gasteiger partial charge in [-0.15, -0.1) is 0 Å². The van der Waals surface area contributed by atoms with Crippen LogP contribution in [0.15, 0.2) is 66.7 Å². The van der Waals surface area contributed by atoms with Crippen LogP contribution in [0.5, 0.6) is 0 Å². The lowest BCUT2D eigenvalue weighted by atomic mass is 10.0. The van der Waals surface area contributed by atoms with E-state index in [1.54, 1.807) is 30.3 Å². The van der Waals surface area contributed by atoms with Crippen molar-refractivity contribution in [2.45, 2.75) is 6.61 Å². The van der Waals surface area contributed by atoms with Crippen molar-refractivity contribution in [2.24, 2.45) is 0 Å². The van der Waals surface area contributed by atoms with E-state index in [4.69, 9.17) is 10.00 Å². The third kappa shape index (κ3) is 2.82. The lowest BCUT2D eigenvalue weighted by Crippen LogP contribution is -2.05. The number of rotatable bonds is 3. The first-order valence-corrected chi connectivity index (χ1v) is 6.92. The second-order valence-corrected chi connectivity index (χ2v) is 4.91. The van der Waals surface area contributed by atoms with Crippen LogP contribution in [0.4, 0.5) is 0 Å². The second kappa shape index (κ2) is 6.11. The maximum absolute atomic E-state index is 12.3. The van der Waals surface area contributed by atoms with E-state index in [-0.39, 0.29) is 12.6 Å². The Labute approximate surface area is 128 Å². The molecule has 0 N–H and O–H groups in total. The molecule has 0 heterocycles. The standard InChI is InChI=1S/C19H13NO2/c20-12-14-8-10-15(11-9-14)13-22-19(21)18-7-3-5-16-4-1-2-6-17(16)18/h1-11H,13H2. The van der Waals surface area contributed by atoms with E-state index in [0.717, 1.165) is 16.3 Å². The summed E-state index contributed by atoms with van der Waals surface area (Å²) in [7, 11) is 0. The number of carbonyl (C=O) groups excluding carboxylic acids is 1. The predicted molar refractivity (Wildman–Crippen MR) is 84.2 cm³/mol. The summed E-state index contributed by atoms with van der Waals surface area (Å²) in [6, 6.07) is 22.3. The van der Waals surface area contributed by atoms with Crippen molar-refractivity contribution in [3.63, 3.8) is 0 Å². The van der Waals surface area contributed by atoms with Gasteiger partial charge in [0.2, 0.25) is 0 Å². The van der Waals surface area contributed by atoms with Gasteiger partial charge in [-0.1, -0.05) is 48.5 Å². The fraction of sp³-hybridized carbons (Fsp3) is 0.0526. The fourth-order valence-corrected chi connectivity index (χ4v) is 2.31. The number of ether oxygens (including phenoxy) is 1. The summed E-state index contributed by atoms with van der Waals surface area (Å²) in [6.45, 7) is 0.188. The summed E-state index contributed by atoms with van der Waals surface area (Å²) in [5.41, 5.74) is 2.00. The zero-order chi connectivity index (χ0) is 15.4. The monoisotopic (exact) mass is 287 g/mol. The van der Waals surface area contributed by atoms with E-state index in [2.05, 4.69) is 6.07 Å². The molecule has 0 aliphatic carbocycles. The first kappa shape index (κ1) is 13.8. The second-order valence-electron chi connectivity index (χ2n) is 4.91. The van der Waals surface area contributed by atoms with E-state index in [1.165, 1.54) is 0 Å². The normalized spacial score (nSPS) is 10.1. The Kier molecular flexibility index (Phi) is 3.84. The highest BCUT2D eigenvalue weighted by atomic mass is 16.5. The van der Waals surface area contributed by atoms with Crippen molar-refractivity contribution in [3.05, 3.63) is 83.4 Å². The molecule has 106 valence electrons. The molecular weight excluding hydrogens is 274 g/mol. The molecule has 0 aliphatic rings. The number of nitriles is 1. The molecule has 0 amide bonds. The highest BCUT2D eigenvalue weighted by molar-refractivity contribution is 6.04. The van der Waals surface area contributed by atoms with E-state index >= 15 is 0 Å². The quantitative estimate of drug-likeness (QED) is 0.682. The smallest absolute Gasteiger partial charge is 0.339 e. The van der Waals surface area contributed by atoms with Crippen LogP contribution in [-0.4, -0.2) is 5.97 Å². The van der Waals surface area contributed by atoms with E-state index in [9.17, 15) is 4.79 Å². The molecule has 0 unspecified atom stereocenters. The Morgan fingerprint density at radius 3 is 2.45 bits per heavy atom. The third-order valence-electron chi connectivity index (χ3n) is 3.46. The summed E-state index contributed by atoms with van der Waals surface area (Å²) in [5.74, 6) is -0.346. The van der Waals surface area contributed by atoms with E-state index in [0.29, 0.717) is 11.1 Å². The van der Waals surface area contributed by atoms with Gasteiger partial charge in [0.1, 0.15) is 6.61 Å². The Balaban J connectivity index is 1.77. The lowest BCUT2D eigenvalue weighted by molar-refractivity contribution is 0.0475. The molecule has 0 aliphatic heterocycles. The van der Waals surface area contributed by atoms with Crippen LogP contribution in [0.25, 0.3) is 10.8 Å². The molecule has 3 aromatic rings. The maximum Gasteiger partial charge on any atom is 0.339 e. The number of fused-ring (bicyclic) bond motifs is 1. The zero-order valence-corrected chi connectivity index (χ0v) is 11.8. The average Bonchev–Trinajstić information content (AvgIpc) is 2.59. The number of hydrogen-bond donors (Lipinski definition) is 0. The Bertz CT molecular complexity index is 855. The predicted octanol–water partition coefficient (Wildman–Crippen LogP) is 4.07. The molecule has 3 aromatic carbocycles. The fourth-order valence-electron chi connectivity index (χ4n) is 2.31. The van der Waals surface area contributed by atoms with Crippen molar-refractivity contribution in [2.75, 3.05) is 0 Å². The highest BCUT2D eigenvalue weighted by Gasteiger charge is 2.11. The minimum atomic E-state index is -0.346. The van der Waals surface area contributed by atoms with Gasteiger partial charge >= 0.3 is 5.97 Å². The molecule has 0 saturated heterocycles. The number of carbonyl (C=O) groups is 1. The number of benzene rings is 3. The largest absolute Gasteiger partial charge is 0.457 e. The van der Waals surface area contributed by atoms with Crippen molar-refractivity contribution in [1.82, 2.24) is 0 Å². The Hall–Kier alpha value is -3.12. The topological polar surface area (TPSA) is 50.1 Å². The number of hydrogen-bond acceptors (Lipinski definition) is 3. The zero-order valence-electron chi connectivity index (χ0n) is 11.8. The molecular formula is C19H13NO2. The molecule has 0 radical (unpaired) electrons. The van der Waals surface area contributed by atoms with Gasteiger partial charge in [0.15, 0.2) is 0 Å². The van der Waals surface area contributed by atoms with Crippen molar-refractivity contribution < 1.29 is 9.53 Å². The minimum absolute atomic E-state index is 0.188. The van der Waals surface area contributed by atoms with Crippen LogP contribution in [0.1, 0.15) is 21.5 Å². The van der Waals surface area contributed by atoms with E-state index in [1.807, 2.05) is 36.4 Å². The van der Waals surface area contributed by atoms with Crippen LogP contribution < -0.4 is 0 Å². The SMILES string of the molecule is N#Cc1ccc(COC(=O)c2cccc3ccccc23)cc1. The summed E-state index contributed by atoms with van der Waals surface area (Å²) >= 11 is 0. The number of esters is 1. The van der Waals surface area contributed by atoms with Gasteiger partial charge in [-0.3, -0.25) is 0 Å². The molecule has 0 bridgehead atoms. The van der Waals surface area contributed by atoms with Crippen LogP contribution in [0.2, 0.25) is 0 Å². The molecule has 3 rings (SSSR count). The third-order valence-corrected chi connectivity index (χ3v) is 3.46. The summed E-state index contributed by atoms with van der Waals surface area (Å²) < 4.78 is 5.37. The van der Waals surface area contributed by atoms with Crippen LogP contribution in [0, 0.1) is 11.3 Å². The van der Waals surface area contributed by atoms with Gasteiger partial charge in [-0.2, -0.15) is 5.26 Å². The van der Waals surface area contributed by atoms with Gasteiger partial charge in [-0.05, 0) is 34.5 Å².